The highest BCUT2D eigenvalue weighted by molar-refractivity contribution is 7.89. The van der Waals surface area contributed by atoms with Gasteiger partial charge in [-0.25, -0.2) is 13.4 Å². The van der Waals surface area contributed by atoms with Gasteiger partial charge in [0, 0.05) is 18.7 Å². The van der Waals surface area contributed by atoms with Crippen molar-refractivity contribution in [2.75, 3.05) is 19.7 Å². The highest BCUT2D eigenvalue weighted by Gasteiger charge is 2.22. The molecule has 21 heavy (non-hydrogen) atoms. The summed E-state index contributed by atoms with van der Waals surface area (Å²) >= 11 is 0. The molecule has 1 aromatic carbocycles. The molecule has 0 saturated carbocycles. The summed E-state index contributed by atoms with van der Waals surface area (Å²) in [7, 11) is -3.65. The zero-order valence-electron chi connectivity index (χ0n) is 12.1. The maximum Gasteiger partial charge on any atom is 0.254 e. The summed E-state index contributed by atoms with van der Waals surface area (Å²) in [5, 5.41) is 10.5. The molecule has 0 bridgehead atoms. The third kappa shape index (κ3) is 4.29. The Kier molecular flexibility index (Phi) is 5.37. The number of aryl methyl sites for hydroxylation is 1. The molecular weight excluding hydrogens is 288 g/mol. The summed E-state index contributed by atoms with van der Waals surface area (Å²) in [5.41, 5.74) is 1.34. The highest BCUT2D eigenvalue weighted by atomic mass is 32.2. The van der Waals surface area contributed by atoms with Gasteiger partial charge in [-0.15, -0.1) is 4.83 Å². The Morgan fingerprint density at radius 2 is 2.00 bits per heavy atom. The summed E-state index contributed by atoms with van der Waals surface area (Å²) in [6.07, 6.45) is 3.12. The fourth-order valence-electron chi connectivity index (χ4n) is 2.31. The second-order valence-corrected chi connectivity index (χ2v) is 6.73. The molecule has 2 N–H and O–H groups in total. The van der Waals surface area contributed by atoms with Gasteiger partial charge in [-0.3, -0.25) is 0 Å². The number of hydrazine groups is 1. The quantitative estimate of drug-likeness (QED) is 0.818. The first kappa shape index (κ1) is 16.0. The first-order valence-corrected chi connectivity index (χ1v) is 8.49. The van der Waals surface area contributed by atoms with Crippen LogP contribution in [0.2, 0.25) is 0 Å². The predicted molar refractivity (Wildman–Crippen MR) is 80.9 cm³/mol. The van der Waals surface area contributed by atoms with Crippen LogP contribution in [0, 0.1) is 18.8 Å². The van der Waals surface area contributed by atoms with Crippen LogP contribution in [0.5, 0.6) is 0 Å². The number of nitrogens with zero attached hydrogens (tertiary/aromatic N) is 1. The SMILES string of the molecule is Cc1ccc(S(=O)(=O)NN2CCCCC2)c(C#CCO)c1. The summed E-state index contributed by atoms with van der Waals surface area (Å²) in [5.74, 6) is 5.22. The minimum atomic E-state index is -3.65. The number of aliphatic hydroxyl groups is 1. The number of piperidine rings is 1. The van der Waals surface area contributed by atoms with E-state index in [9.17, 15) is 8.42 Å². The van der Waals surface area contributed by atoms with E-state index in [2.05, 4.69) is 16.7 Å². The molecule has 1 aliphatic rings. The lowest BCUT2D eigenvalue weighted by Gasteiger charge is -2.26. The number of benzene rings is 1. The lowest BCUT2D eigenvalue weighted by atomic mass is 10.1. The molecule has 1 heterocycles. The van der Waals surface area contributed by atoms with Gasteiger partial charge in [-0.05, 0) is 37.5 Å². The molecule has 0 aliphatic carbocycles. The van der Waals surface area contributed by atoms with Crippen LogP contribution in [-0.2, 0) is 10.0 Å². The first-order chi connectivity index (χ1) is 10.0. The number of nitrogens with one attached hydrogen (secondary N) is 1. The lowest BCUT2D eigenvalue weighted by molar-refractivity contribution is 0.200. The maximum atomic E-state index is 12.5. The van der Waals surface area contributed by atoms with Crippen LogP contribution in [0.15, 0.2) is 23.1 Å². The molecule has 0 atom stereocenters. The molecule has 2 rings (SSSR count). The minimum Gasteiger partial charge on any atom is -0.384 e. The third-order valence-electron chi connectivity index (χ3n) is 3.33. The van der Waals surface area contributed by atoms with Crippen molar-refractivity contribution >= 4 is 10.0 Å². The fourth-order valence-corrected chi connectivity index (χ4v) is 3.58. The van der Waals surface area contributed by atoms with E-state index in [0.717, 1.165) is 37.9 Å². The first-order valence-electron chi connectivity index (χ1n) is 7.01. The van der Waals surface area contributed by atoms with E-state index in [1.165, 1.54) is 0 Å². The third-order valence-corrected chi connectivity index (χ3v) is 4.77. The van der Waals surface area contributed by atoms with Gasteiger partial charge in [0.2, 0.25) is 0 Å². The second-order valence-electron chi connectivity index (χ2n) is 5.10. The van der Waals surface area contributed by atoms with Crippen molar-refractivity contribution in [3.05, 3.63) is 29.3 Å². The lowest BCUT2D eigenvalue weighted by Crippen LogP contribution is -2.45. The van der Waals surface area contributed by atoms with Gasteiger partial charge >= 0.3 is 0 Å². The molecule has 6 heteroatoms. The molecule has 0 spiro atoms. The Morgan fingerprint density at radius 3 is 2.67 bits per heavy atom. The van der Waals surface area contributed by atoms with Gasteiger partial charge in [0.25, 0.3) is 10.0 Å². The van der Waals surface area contributed by atoms with Crippen LogP contribution in [0.3, 0.4) is 0 Å². The molecule has 0 amide bonds. The van der Waals surface area contributed by atoms with Gasteiger partial charge < -0.3 is 5.11 Å². The molecular formula is C15H20N2O3S. The molecule has 0 radical (unpaired) electrons. The zero-order valence-corrected chi connectivity index (χ0v) is 12.9. The Bertz CT molecular complexity index is 653. The van der Waals surface area contributed by atoms with Crippen molar-refractivity contribution < 1.29 is 13.5 Å². The van der Waals surface area contributed by atoms with E-state index in [1.807, 2.05) is 6.92 Å². The van der Waals surface area contributed by atoms with E-state index in [-0.39, 0.29) is 11.5 Å². The average Bonchev–Trinajstić information content (AvgIpc) is 2.45. The van der Waals surface area contributed by atoms with Crippen molar-refractivity contribution in [3.63, 3.8) is 0 Å². The van der Waals surface area contributed by atoms with Crippen molar-refractivity contribution in [3.8, 4) is 11.8 Å². The minimum absolute atomic E-state index is 0.152. The Balaban J connectivity index is 2.30. The van der Waals surface area contributed by atoms with Crippen LogP contribution < -0.4 is 4.83 Å². The van der Waals surface area contributed by atoms with Crippen molar-refractivity contribution in [1.82, 2.24) is 9.84 Å². The second kappa shape index (κ2) is 7.05. The van der Waals surface area contributed by atoms with Crippen molar-refractivity contribution in [2.45, 2.75) is 31.1 Å². The van der Waals surface area contributed by atoms with Gasteiger partial charge in [-0.2, -0.15) is 0 Å². The molecule has 5 nitrogen and oxygen atoms in total. The molecule has 1 fully saturated rings. The number of rotatable bonds is 3. The van der Waals surface area contributed by atoms with E-state index >= 15 is 0 Å². The Labute approximate surface area is 126 Å². The van der Waals surface area contributed by atoms with Crippen LogP contribution in [0.1, 0.15) is 30.4 Å². The van der Waals surface area contributed by atoms with Crippen LogP contribution in [0.4, 0.5) is 0 Å². The summed E-state index contributed by atoms with van der Waals surface area (Å²) in [4.78, 5) is 2.78. The number of hydrogen-bond donors (Lipinski definition) is 2. The Hall–Kier alpha value is -1.39. The van der Waals surface area contributed by atoms with Crippen molar-refractivity contribution in [2.24, 2.45) is 0 Å². The van der Waals surface area contributed by atoms with Crippen molar-refractivity contribution in [1.29, 1.82) is 0 Å². The predicted octanol–water partition coefficient (Wildman–Crippen LogP) is 1.02. The van der Waals surface area contributed by atoms with E-state index in [0.29, 0.717) is 5.56 Å². The average molecular weight is 308 g/mol. The molecule has 1 aromatic rings. The summed E-state index contributed by atoms with van der Waals surface area (Å²) in [6, 6.07) is 5.02. The maximum absolute atomic E-state index is 12.5. The van der Waals surface area contributed by atoms with Crippen LogP contribution in [0.25, 0.3) is 0 Å². The van der Waals surface area contributed by atoms with Gasteiger partial charge in [-0.1, -0.05) is 24.3 Å². The summed E-state index contributed by atoms with van der Waals surface area (Å²) in [6.45, 7) is 3.02. The van der Waals surface area contributed by atoms with Gasteiger partial charge in [0.1, 0.15) is 6.61 Å². The molecule has 1 aliphatic heterocycles. The Morgan fingerprint density at radius 1 is 1.29 bits per heavy atom. The zero-order chi connectivity index (χ0) is 15.3. The molecule has 0 unspecified atom stereocenters. The topological polar surface area (TPSA) is 69.6 Å². The van der Waals surface area contributed by atoms with Crippen LogP contribution >= 0.6 is 0 Å². The standard InChI is InChI=1S/C15H20N2O3S/c1-13-7-8-15(14(12-13)6-5-11-18)21(19,20)16-17-9-3-2-4-10-17/h7-8,12,16,18H,2-4,9-11H2,1H3. The number of hydrogen-bond acceptors (Lipinski definition) is 4. The normalized spacial score (nSPS) is 16.3. The fraction of sp³-hybridized carbons (Fsp3) is 0.467. The van der Waals surface area contributed by atoms with E-state index < -0.39 is 10.0 Å². The monoisotopic (exact) mass is 308 g/mol. The molecule has 0 aromatic heterocycles. The van der Waals surface area contributed by atoms with E-state index in [4.69, 9.17) is 5.11 Å². The van der Waals surface area contributed by atoms with Crippen LogP contribution in [-0.4, -0.2) is 38.2 Å². The highest BCUT2D eigenvalue weighted by Crippen LogP contribution is 2.18. The number of aliphatic hydroxyl groups excluding tert-OH is 1. The van der Waals surface area contributed by atoms with Gasteiger partial charge in [0.15, 0.2) is 0 Å². The largest absolute Gasteiger partial charge is 0.384 e. The number of sulfonamides is 1. The van der Waals surface area contributed by atoms with E-state index in [1.54, 1.807) is 23.2 Å². The smallest absolute Gasteiger partial charge is 0.254 e. The summed E-state index contributed by atoms with van der Waals surface area (Å²) < 4.78 is 25.0. The molecule has 114 valence electrons. The van der Waals surface area contributed by atoms with Gasteiger partial charge in [0.05, 0.1) is 4.90 Å². The molecule has 1 saturated heterocycles.